The number of hydrogen-bond donors (Lipinski definition) is 1. The van der Waals surface area contributed by atoms with Crippen LogP contribution < -0.4 is 5.32 Å². The molecule has 0 bridgehead atoms. The molecule has 0 aromatic carbocycles. The van der Waals surface area contributed by atoms with Gasteiger partial charge < -0.3 is 15.0 Å². The molecule has 0 aromatic rings. The molecule has 2 rings (SSSR count). The van der Waals surface area contributed by atoms with Crippen LogP contribution in [-0.2, 0) is 9.53 Å². The summed E-state index contributed by atoms with van der Waals surface area (Å²) in [6, 6.07) is 0.378. The molecule has 2 atom stereocenters. The molecule has 4 nitrogen and oxygen atoms in total. The van der Waals surface area contributed by atoms with Gasteiger partial charge in [0, 0.05) is 26.2 Å². The lowest BCUT2D eigenvalue weighted by Crippen LogP contribution is -2.49. The lowest BCUT2D eigenvalue weighted by molar-refractivity contribution is -0.140. The number of likely N-dealkylation sites (N-methyl/N-ethyl adjacent to an activating group) is 1. The molecular weight excluding hydrogens is 240 g/mol. The number of hydrogen-bond acceptors (Lipinski definition) is 3. The van der Waals surface area contributed by atoms with Gasteiger partial charge in [0.05, 0.1) is 12.5 Å². The van der Waals surface area contributed by atoms with Crippen LogP contribution in [0.25, 0.3) is 0 Å². The van der Waals surface area contributed by atoms with E-state index in [0.717, 1.165) is 39.0 Å². The number of rotatable bonds is 2. The number of piperidine rings is 1. The smallest absolute Gasteiger partial charge is 0.228 e. The van der Waals surface area contributed by atoms with Gasteiger partial charge in [0.15, 0.2) is 0 Å². The molecule has 17 heavy (non-hydrogen) atoms. The van der Waals surface area contributed by atoms with E-state index in [1.54, 1.807) is 0 Å². The van der Waals surface area contributed by atoms with E-state index >= 15 is 0 Å². The summed E-state index contributed by atoms with van der Waals surface area (Å²) in [7, 11) is 1.94. The van der Waals surface area contributed by atoms with Crippen LogP contribution in [0.5, 0.6) is 0 Å². The Labute approximate surface area is 109 Å². The molecule has 2 aliphatic rings. The summed E-state index contributed by atoms with van der Waals surface area (Å²) >= 11 is 0. The van der Waals surface area contributed by atoms with Crippen molar-refractivity contribution in [2.75, 3.05) is 33.4 Å². The molecule has 2 fully saturated rings. The number of nitrogens with one attached hydrogen (secondary N) is 1. The monoisotopic (exact) mass is 262 g/mol. The lowest BCUT2D eigenvalue weighted by atomic mass is 9.98. The number of carbonyl (C=O) groups excluding carboxylic acids is 1. The molecular formula is C12H23ClN2O2. The predicted molar refractivity (Wildman–Crippen MR) is 69.5 cm³/mol. The minimum Gasteiger partial charge on any atom is -0.381 e. The van der Waals surface area contributed by atoms with Gasteiger partial charge >= 0.3 is 0 Å². The summed E-state index contributed by atoms with van der Waals surface area (Å²) in [5, 5.41) is 3.35. The summed E-state index contributed by atoms with van der Waals surface area (Å²) in [5.74, 6) is 0.370. The average molecular weight is 263 g/mol. The maximum Gasteiger partial charge on any atom is 0.228 e. The first-order chi connectivity index (χ1) is 7.79. The highest BCUT2D eigenvalue weighted by Crippen LogP contribution is 2.18. The maximum absolute atomic E-state index is 12.2. The molecule has 2 saturated heterocycles. The van der Waals surface area contributed by atoms with E-state index in [1.807, 2.05) is 11.9 Å². The Morgan fingerprint density at radius 2 is 2.18 bits per heavy atom. The maximum atomic E-state index is 12.2. The van der Waals surface area contributed by atoms with Gasteiger partial charge in [0.25, 0.3) is 0 Å². The fourth-order valence-corrected chi connectivity index (χ4v) is 2.57. The van der Waals surface area contributed by atoms with Crippen LogP contribution in [-0.4, -0.2) is 50.2 Å². The third-order valence-corrected chi connectivity index (χ3v) is 3.68. The molecule has 0 radical (unpaired) electrons. The Balaban J connectivity index is 0.00000144. The molecule has 0 spiro atoms. The quantitative estimate of drug-likeness (QED) is 0.809. The van der Waals surface area contributed by atoms with Crippen molar-refractivity contribution in [3.8, 4) is 0 Å². The summed E-state index contributed by atoms with van der Waals surface area (Å²) in [6.07, 6.45) is 4.31. The van der Waals surface area contributed by atoms with Crippen molar-refractivity contribution < 1.29 is 9.53 Å². The van der Waals surface area contributed by atoms with E-state index in [1.165, 1.54) is 6.42 Å². The number of nitrogens with zero attached hydrogens (tertiary/aromatic N) is 1. The summed E-state index contributed by atoms with van der Waals surface area (Å²) in [4.78, 5) is 14.2. The first-order valence-corrected chi connectivity index (χ1v) is 6.34. The van der Waals surface area contributed by atoms with Crippen molar-refractivity contribution in [1.82, 2.24) is 10.2 Å². The van der Waals surface area contributed by atoms with Crippen molar-refractivity contribution in [2.45, 2.75) is 31.7 Å². The summed E-state index contributed by atoms with van der Waals surface area (Å²) in [6.45, 7) is 3.46. The highest BCUT2D eigenvalue weighted by atomic mass is 35.5. The van der Waals surface area contributed by atoms with Crippen LogP contribution in [0, 0.1) is 5.92 Å². The zero-order valence-electron chi connectivity index (χ0n) is 10.5. The minimum atomic E-state index is 0. The second-order valence-corrected chi connectivity index (χ2v) is 4.86. The van der Waals surface area contributed by atoms with Gasteiger partial charge in [-0.2, -0.15) is 0 Å². The molecule has 0 aromatic heterocycles. The van der Waals surface area contributed by atoms with Gasteiger partial charge in [-0.15, -0.1) is 12.4 Å². The molecule has 2 heterocycles. The van der Waals surface area contributed by atoms with Gasteiger partial charge in [-0.3, -0.25) is 4.79 Å². The van der Waals surface area contributed by atoms with Crippen molar-refractivity contribution in [1.29, 1.82) is 0 Å². The topological polar surface area (TPSA) is 41.6 Å². The zero-order valence-corrected chi connectivity index (χ0v) is 11.3. The van der Waals surface area contributed by atoms with Gasteiger partial charge in [-0.05, 0) is 32.2 Å². The third-order valence-electron chi connectivity index (χ3n) is 3.68. The fourth-order valence-electron chi connectivity index (χ4n) is 2.57. The van der Waals surface area contributed by atoms with Crippen molar-refractivity contribution in [2.24, 2.45) is 5.92 Å². The first kappa shape index (κ1) is 14.7. The molecule has 1 N–H and O–H groups in total. The fraction of sp³-hybridized carbons (Fsp3) is 0.917. The van der Waals surface area contributed by atoms with Crippen LogP contribution in [0.3, 0.4) is 0 Å². The number of carbonyl (C=O) groups is 1. The lowest BCUT2D eigenvalue weighted by Gasteiger charge is -2.34. The van der Waals surface area contributed by atoms with E-state index in [9.17, 15) is 4.79 Å². The highest BCUT2D eigenvalue weighted by Gasteiger charge is 2.29. The van der Waals surface area contributed by atoms with Crippen molar-refractivity contribution in [3.63, 3.8) is 0 Å². The van der Waals surface area contributed by atoms with Gasteiger partial charge in [0.2, 0.25) is 5.91 Å². The Hall–Kier alpha value is -0.320. The number of ether oxygens (including phenoxy) is 1. The van der Waals surface area contributed by atoms with Crippen LogP contribution in [0.4, 0.5) is 0 Å². The molecule has 2 aliphatic heterocycles. The van der Waals surface area contributed by atoms with E-state index in [2.05, 4.69) is 5.32 Å². The molecule has 0 aliphatic carbocycles. The predicted octanol–water partition coefficient (Wildman–Crippen LogP) is 1.05. The molecule has 1 amide bonds. The summed E-state index contributed by atoms with van der Waals surface area (Å²) < 4.78 is 5.38. The average Bonchev–Trinajstić information content (AvgIpc) is 2.39. The Morgan fingerprint density at radius 1 is 1.35 bits per heavy atom. The molecule has 5 heteroatoms. The Bertz CT molecular complexity index is 239. The second kappa shape index (κ2) is 7.19. The molecule has 0 saturated carbocycles. The summed E-state index contributed by atoms with van der Waals surface area (Å²) in [5.41, 5.74) is 0. The second-order valence-electron chi connectivity index (χ2n) is 4.86. The van der Waals surface area contributed by atoms with Gasteiger partial charge in [0.1, 0.15) is 0 Å². The molecule has 2 unspecified atom stereocenters. The van der Waals surface area contributed by atoms with Crippen molar-refractivity contribution in [3.05, 3.63) is 0 Å². The Morgan fingerprint density at radius 3 is 2.76 bits per heavy atom. The zero-order chi connectivity index (χ0) is 11.4. The van der Waals surface area contributed by atoms with Crippen LogP contribution >= 0.6 is 12.4 Å². The van der Waals surface area contributed by atoms with Gasteiger partial charge in [-0.25, -0.2) is 0 Å². The van der Waals surface area contributed by atoms with E-state index < -0.39 is 0 Å². The first-order valence-electron chi connectivity index (χ1n) is 6.34. The normalized spacial score (nSPS) is 29.2. The number of halogens is 1. The van der Waals surface area contributed by atoms with Gasteiger partial charge in [-0.1, -0.05) is 0 Å². The standard InChI is InChI=1S/C12H22N2O2.ClH/c1-14(11-5-2-6-13-8-11)12(15)10-4-3-7-16-9-10;/h10-11,13H,2-9H2,1H3;1H. The minimum absolute atomic E-state index is 0. The van der Waals surface area contributed by atoms with E-state index in [0.29, 0.717) is 12.6 Å². The third kappa shape index (κ3) is 3.83. The van der Waals surface area contributed by atoms with Crippen molar-refractivity contribution >= 4 is 18.3 Å². The highest BCUT2D eigenvalue weighted by molar-refractivity contribution is 5.85. The Kier molecular flexibility index (Phi) is 6.23. The van der Waals surface area contributed by atoms with E-state index in [-0.39, 0.29) is 24.2 Å². The molecule has 100 valence electrons. The van der Waals surface area contributed by atoms with E-state index in [4.69, 9.17) is 4.74 Å². The number of amides is 1. The van der Waals surface area contributed by atoms with Crippen LogP contribution in [0.1, 0.15) is 25.7 Å². The van der Waals surface area contributed by atoms with Crippen LogP contribution in [0.15, 0.2) is 0 Å². The SMILES string of the molecule is CN(C(=O)C1CCCOC1)C1CCCNC1.Cl. The van der Waals surface area contributed by atoms with Crippen LogP contribution in [0.2, 0.25) is 0 Å². The largest absolute Gasteiger partial charge is 0.381 e.